The molecule has 0 spiro atoms. The van der Waals surface area contributed by atoms with E-state index in [1.165, 1.54) is 0 Å². The molecule has 0 aliphatic carbocycles. The molecule has 5 heteroatoms. The fourth-order valence-electron chi connectivity index (χ4n) is 2.99. The Labute approximate surface area is 168 Å². The Kier molecular flexibility index (Phi) is 5.29. The zero-order valence-electron chi connectivity index (χ0n) is 15.6. The van der Waals surface area contributed by atoms with Gasteiger partial charge in [-0.25, -0.2) is 9.48 Å². The summed E-state index contributed by atoms with van der Waals surface area (Å²) >= 11 is 0. The average Bonchev–Trinajstić information content (AvgIpc) is 3.23. The van der Waals surface area contributed by atoms with Gasteiger partial charge in [-0.3, -0.25) is 4.79 Å². The second-order valence-electron chi connectivity index (χ2n) is 6.47. The molecule has 0 saturated heterocycles. The second kappa shape index (κ2) is 8.35. The molecule has 1 heterocycles. The number of hydrogen-bond donors (Lipinski definition) is 0. The molecule has 4 aromatic rings. The van der Waals surface area contributed by atoms with Crippen LogP contribution in [0.4, 0.5) is 0 Å². The molecule has 0 saturated carbocycles. The minimum Gasteiger partial charge on any atom is -0.457 e. The number of benzene rings is 3. The molecular weight excluding hydrogens is 364 g/mol. The molecule has 0 aliphatic rings. The van der Waals surface area contributed by atoms with Gasteiger partial charge < -0.3 is 4.74 Å². The molecule has 0 bridgehead atoms. The van der Waals surface area contributed by atoms with E-state index >= 15 is 0 Å². The van der Waals surface area contributed by atoms with Crippen molar-refractivity contribution in [3.8, 4) is 16.9 Å². The largest absolute Gasteiger partial charge is 0.457 e. The number of aromatic nitrogens is 2. The van der Waals surface area contributed by atoms with E-state index in [4.69, 9.17) is 9.84 Å². The Morgan fingerprint density at radius 2 is 1.55 bits per heavy atom. The summed E-state index contributed by atoms with van der Waals surface area (Å²) in [5.41, 5.74) is 4.34. The van der Waals surface area contributed by atoms with Crippen molar-refractivity contribution in [1.82, 2.24) is 9.78 Å². The van der Waals surface area contributed by atoms with Gasteiger partial charge in [0.05, 0.1) is 16.9 Å². The predicted octanol–water partition coefficient (Wildman–Crippen LogP) is 4.71. The van der Waals surface area contributed by atoms with E-state index in [1.54, 1.807) is 28.9 Å². The van der Waals surface area contributed by atoms with E-state index in [2.05, 4.69) is 0 Å². The number of carbonyl (C=O) groups excluding carboxylic acids is 2. The highest BCUT2D eigenvalue weighted by Gasteiger charge is 2.15. The van der Waals surface area contributed by atoms with Crippen molar-refractivity contribution in [3.63, 3.8) is 0 Å². The van der Waals surface area contributed by atoms with Crippen LogP contribution in [0.25, 0.3) is 16.9 Å². The molecule has 0 atom stereocenters. The fourth-order valence-corrected chi connectivity index (χ4v) is 2.99. The van der Waals surface area contributed by atoms with Crippen molar-refractivity contribution in [2.45, 2.75) is 6.61 Å². The number of para-hydroxylation sites is 1. The van der Waals surface area contributed by atoms with Crippen LogP contribution < -0.4 is 0 Å². The van der Waals surface area contributed by atoms with E-state index in [9.17, 15) is 9.59 Å². The molecular formula is C24H18N2O3. The van der Waals surface area contributed by atoms with Crippen LogP contribution in [0, 0.1) is 0 Å². The summed E-state index contributed by atoms with van der Waals surface area (Å²) in [7, 11) is 0. The summed E-state index contributed by atoms with van der Waals surface area (Å²) in [5, 5.41) is 4.71. The third-order valence-electron chi connectivity index (χ3n) is 4.50. The molecule has 0 N–H and O–H groups in total. The van der Waals surface area contributed by atoms with Crippen molar-refractivity contribution < 1.29 is 14.3 Å². The molecule has 4 rings (SSSR count). The third-order valence-corrected chi connectivity index (χ3v) is 4.50. The van der Waals surface area contributed by atoms with Crippen LogP contribution in [0.5, 0.6) is 0 Å². The number of hydrogen-bond acceptors (Lipinski definition) is 4. The van der Waals surface area contributed by atoms with Crippen LogP contribution in [0.3, 0.4) is 0 Å². The minimum absolute atomic E-state index is 0.0886. The van der Waals surface area contributed by atoms with Gasteiger partial charge >= 0.3 is 5.97 Å². The van der Waals surface area contributed by atoms with E-state index in [-0.39, 0.29) is 6.61 Å². The quantitative estimate of drug-likeness (QED) is 0.358. The summed E-state index contributed by atoms with van der Waals surface area (Å²) in [6.07, 6.45) is 2.61. The number of nitrogens with zero attached hydrogens (tertiary/aromatic N) is 2. The molecule has 0 aliphatic heterocycles. The van der Waals surface area contributed by atoms with Gasteiger partial charge in [0.2, 0.25) is 0 Å². The van der Waals surface area contributed by atoms with E-state index in [1.807, 2.05) is 66.9 Å². The third kappa shape index (κ3) is 4.14. The monoisotopic (exact) mass is 382 g/mol. The van der Waals surface area contributed by atoms with Crippen molar-refractivity contribution >= 4 is 12.3 Å². The lowest BCUT2D eigenvalue weighted by Crippen LogP contribution is -2.05. The number of aldehydes is 1. The maximum absolute atomic E-state index is 12.4. The van der Waals surface area contributed by atoms with Crippen LogP contribution in [0.15, 0.2) is 91.1 Å². The van der Waals surface area contributed by atoms with Crippen molar-refractivity contribution in [2.24, 2.45) is 0 Å². The van der Waals surface area contributed by atoms with E-state index in [0.717, 1.165) is 28.8 Å². The number of ether oxygens (including phenoxy) is 1. The normalized spacial score (nSPS) is 10.5. The van der Waals surface area contributed by atoms with Crippen molar-refractivity contribution in [2.75, 3.05) is 0 Å². The standard InChI is InChI=1S/C24H18N2O3/c27-16-18-11-13-20(14-12-18)24(28)29-17-21-15-26(22-9-5-2-6-10-22)25-23(21)19-7-3-1-4-8-19/h1-16H,17H2. The summed E-state index contributed by atoms with van der Waals surface area (Å²) in [6, 6.07) is 25.9. The SMILES string of the molecule is O=Cc1ccc(C(=O)OCc2cn(-c3ccccc3)nc2-c2ccccc2)cc1. The van der Waals surface area contributed by atoms with Crippen LogP contribution in [-0.2, 0) is 11.3 Å². The first-order valence-electron chi connectivity index (χ1n) is 9.16. The molecule has 5 nitrogen and oxygen atoms in total. The predicted molar refractivity (Wildman–Crippen MR) is 110 cm³/mol. The van der Waals surface area contributed by atoms with Gasteiger partial charge in [-0.05, 0) is 24.3 Å². The number of rotatable bonds is 6. The van der Waals surface area contributed by atoms with Crippen LogP contribution >= 0.6 is 0 Å². The highest BCUT2D eigenvalue weighted by molar-refractivity contribution is 5.90. The van der Waals surface area contributed by atoms with E-state index in [0.29, 0.717) is 11.1 Å². The average molecular weight is 382 g/mol. The zero-order chi connectivity index (χ0) is 20.1. The van der Waals surface area contributed by atoms with Gasteiger partial charge in [-0.2, -0.15) is 5.10 Å². The maximum atomic E-state index is 12.4. The lowest BCUT2D eigenvalue weighted by atomic mass is 10.1. The molecule has 0 fully saturated rings. The summed E-state index contributed by atoms with van der Waals surface area (Å²) < 4.78 is 7.30. The van der Waals surface area contributed by atoms with Crippen molar-refractivity contribution in [1.29, 1.82) is 0 Å². The van der Waals surface area contributed by atoms with Gasteiger partial charge in [-0.1, -0.05) is 60.7 Å². The molecule has 142 valence electrons. The smallest absolute Gasteiger partial charge is 0.338 e. The van der Waals surface area contributed by atoms with Gasteiger partial charge in [0.15, 0.2) is 0 Å². The molecule has 0 amide bonds. The van der Waals surface area contributed by atoms with Gasteiger partial charge in [0.1, 0.15) is 12.9 Å². The number of carbonyl (C=O) groups is 2. The zero-order valence-corrected chi connectivity index (χ0v) is 15.6. The summed E-state index contributed by atoms with van der Waals surface area (Å²) in [5.74, 6) is -0.450. The Morgan fingerprint density at radius 3 is 2.21 bits per heavy atom. The molecule has 3 aromatic carbocycles. The van der Waals surface area contributed by atoms with Gasteiger partial charge in [-0.15, -0.1) is 0 Å². The van der Waals surface area contributed by atoms with Gasteiger partial charge in [0, 0.05) is 22.9 Å². The molecule has 0 radical (unpaired) electrons. The topological polar surface area (TPSA) is 61.2 Å². The van der Waals surface area contributed by atoms with Crippen LogP contribution in [-0.4, -0.2) is 22.0 Å². The lowest BCUT2D eigenvalue weighted by molar-refractivity contribution is 0.0473. The molecule has 0 unspecified atom stereocenters. The van der Waals surface area contributed by atoms with Crippen LogP contribution in [0.1, 0.15) is 26.3 Å². The Hall–Kier alpha value is -3.99. The van der Waals surface area contributed by atoms with Crippen molar-refractivity contribution in [3.05, 3.63) is 108 Å². The lowest BCUT2D eigenvalue weighted by Gasteiger charge is -2.05. The number of esters is 1. The summed E-state index contributed by atoms with van der Waals surface area (Å²) in [4.78, 5) is 23.2. The van der Waals surface area contributed by atoms with Crippen LogP contribution in [0.2, 0.25) is 0 Å². The van der Waals surface area contributed by atoms with E-state index < -0.39 is 5.97 Å². The molecule has 29 heavy (non-hydrogen) atoms. The van der Waals surface area contributed by atoms with Gasteiger partial charge in [0.25, 0.3) is 0 Å². The first-order valence-corrected chi connectivity index (χ1v) is 9.16. The Balaban J connectivity index is 1.60. The maximum Gasteiger partial charge on any atom is 0.338 e. The molecule has 1 aromatic heterocycles. The summed E-state index contributed by atoms with van der Waals surface area (Å²) in [6.45, 7) is 0.0886. The minimum atomic E-state index is -0.450. The Bertz CT molecular complexity index is 1120. The highest BCUT2D eigenvalue weighted by Crippen LogP contribution is 2.24. The second-order valence-corrected chi connectivity index (χ2v) is 6.47. The Morgan fingerprint density at radius 1 is 0.897 bits per heavy atom. The first kappa shape index (κ1) is 18.4. The fraction of sp³-hybridized carbons (Fsp3) is 0.0417. The highest BCUT2D eigenvalue weighted by atomic mass is 16.5. The first-order chi connectivity index (χ1) is 14.2.